The Morgan fingerprint density at radius 2 is 1.64 bits per heavy atom. The molecular weight excluding hydrogens is 174 g/mol. The summed E-state index contributed by atoms with van der Waals surface area (Å²) in [7, 11) is -4.19. The van der Waals surface area contributed by atoms with Crippen molar-refractivity contribution in [3.05, 3.63) is 5.25 Å². The van der Waals surface area contributed by atoms with Crippen molar-refractivity contribution in [2.75, 3.05) is 0 Å². The molecule has 1 fully saturated rings. The fourth-order valence-corrected chi connectivity index (χ4v) is 2.29. The van der Waals surface area contributed by atoms with Gasteiger partial charge in [0.1, 0.15) is 0 Å². The van der Waals surface area contributed by atoms with E-state index in [1.807, 2.05) is 0 Å². The van der Waals surface area contributed by atoms with Crippen molar-refractivity contribution in [1.82, 2.24) is 0 Å². The minimum Gasteiger partial charge on any atom is -0.222 e. The third-order valence-corrected chi connectivity index (χ3v) is 3.48. The lowest BCUT2D eigenvalue weighted by atomic mass is 10.4. The van der Waals surface area contributed by atoms with Crippen LogP contribution in [0.1, 0.15) is 25.7 Å². The molecule has 2 nitrogen and oxygen atoms in total. The van der Waals surface area contributed by atoms with Gasteiger partial charge in [0.2, 0.25) is 9.84 Å². The van der Waals surface area contributed by atoms with Gasteiger partial charge < -0.3 is 0 Å². The summed E-state index contributed by atoms with van der Waals surface area (Å²) in [5.74, 6) is -3.23. The lowest BCUT2D eigenvalue weighted by Gasteiger charge is -2.07. The predicted molar refractivity (Wildman–Crippen MR) is 36.6 cm³/mol. The van der Waals surface area contributed by atoms with E-state index in [2.05, 4.69) is 0 Å². The highest BCUT2D eigenvalue weighted by molar-refractivity contribution is 7.94. The van der Waals surface area contributed by atoms with Crippen molar-refractivity contribution in [1.29, 1.82) is 0 Å². The molecule has 0 aliphatic heterocycles. The van der Waals surface area contributed by atoms with Gasteiger partial charge in [0.15, 0.2) is 0 Å². The number of hydrogen-bond acceptors (Lipinski definition) is 2. The first kappa shape index (κ1) is 8.90. The summed E-state index contributed by atoms with van der Waals surface area (Å²) in [5.41, 5.74) is 0. The van der Waals surface area contributed by atoms with Gasteiger partial charge in [-0.15, -0.1) is 0 Å². The average Bonchev–Trinajstić information content (AvgIpc) is 2.37. The van der Waals surface area contributed by atoms with Gasteiger partial charge in [-0.2, -0.15) is 8.78 Å². The summed E-state index contributed by atoms with van der Waals surface area (Å²) >= 11 is 0. The summed E-state index contributed by atoms with van der Waals surface area (Å²) in [6.45, 7) is 0. The number of sulfone groups is 1. The van der Waals surface area contributed by atoms with Crippen LogP contribution in [0.2, 0.25) is 0 Å². The van der Waals surface area contributed by atoms with E-state index in [1.165, 1.54) is 0 Å². The smallest absolute Gasteiger partial charge is 0.222 e. The van der Waals surface area contributed by atoms with E-state index in [0.717, 1.165) is 12.8 Å². The first-order chi connectivity index (χ1) is 5.05. The van der Waals surface area contributed by atoms with E-state index >= 15 is 0 Å². The molecule has 1 rings (SSSR count). The maximum Gasteiger partial charge on any atom is 0.337 e. The lowest BCUT2D eigenvalue weighted by Crippen LogP contribution is -2.17. The molecule has 0 aromatic rings. The molecule has 0 bridgehead atoms. The second-order valence-corrected chi connectivity index (χ2v) is 4.58. The molecule has 0 amide bonds. The van der Waals surface area contributed by atoms with Gasteiger partial charge in [-0.05, 0) is 12.8 Å². The summed E-state index contributed by atoms with van der Waals surface area (Å²) in [6, 6.07) is 0. The lowest BCUT2D eigenvalue weighted by molar-refractivity contribution is 0.235. The zero-order valence-electron chi connectivity index (χ0n) is 5.89. The van der Waals surface area contributed by atoms with Crippen LogP contribution in [0.4, 0.5) is 8.78 Å². The molecule has 0 aromatic carbocycles. The highest BCUT2D eigenvalue weighted by atomic mass is 32.2. The maximum absolute atomic E-state index is 11.9. The Morgan fingerprint density at radius 3 is 2.00 bits per heavy atom. The van der Waals surface area contributed by atoms with Crippen molar-refractivity contribution < 1.29 is 17.2 Å². The summed E-state index contributed by atoms with van der Waals surface area (Å²) in [5, 5.41) is 0.0347. The fraction of sp³-hybridized carbons (Fsp3) is 0.833. The number of hydrogen-bond donors (Lipinski definition) is 0. The van der Waals surface area contributed by atoms with E-state index < -0.39 is 15.6 Å². The third-order valence-electron chi connectivity index (χ3n) is 1.80. The maximum atomic E-state index is 11.9. The minimum absolute atomic E-state index is 0.0347. The Bertz CT molecular complexity index is 217. The Hall–Kier alpha value is -0.190. The minimum atomic E-state index is -4.19. The molecule has 0 N–H and O–H groups in total. The summed E-state index contributed by atoms with van der Waals surface area (Å²) in [4.78, 5) is 0. The SMILES string of the molecule is O=S(=O)([C]1CCCC1)C(F)F. The van der Waals surface area contributed by atoms with Crippen molar-refractivity contribution in [2.45, 2.75) is 31.4 Å². The molecule has 0 unspecified atom stereocenters. The van der Waals surface area contributed by atoms with Crippen LogP contribution >= 0.6 is 0 Å². The van der Waals surface area contributed by atoms with Gasteiger partial charge in [0.25, 0.3) is 0 Å². The normalized spacial score (nSPS) is 21.4. The van der Waals surface area contributed by atoms with Crippen LogP contribution in [0.5, 0.6) is 0 Å². The molecule has 1 radical (unpaired) electrons. The van der Waals surface area contributed by atoms with Crippen molar-refractivity contribution in [2.24, 2.45) is 0 Å². The van der Waals surface area contributed by atoms with Gasteiger partial charge in [0.05, 0.1) is 5.25 Å². The van der Waals surface area contributed by atoms with E-state index in [-0.39, 0.29) is 5.25 Å². The molecule has 1 saturated carbocycles. The zero-order chi connectivity index (χ0) is 8.48. The van der Waals surface area contributed by atoms with Crippen LogP contribution in [-0.4, -0.2) is 14.2 Å². The predicted octanol–water partition coefficient (Wildman–Crippen LogP) is 1.73. The van der Waals surface area contributed by atoms with E-state index in [1.54, 1.807) is 0 Å². The van der Waals surface area contributed by atoms with E-state index in [0.29, 0.717) is 12.8 Å². The van der Waals surface area contributed by atoms with Crippen LogP contribution in [0.3, 0.4) is 0 Å². The van der Waals surface area contributed by atoms with E-state index in [9.17, 15) is 17.2 Å². The molecule has 5 heteroatoms. The van der Waals surface area contributed by atoms with Gasteiger partial charge in [-0.3, -0.25) is 0 Å². The highest BCUT2D eigenvalue weighted by Crippen LogP contribution is 2.34. The molecule has 0 aromatic heterocycles. The highest BCUT2D eigenvalue weighted by Gasteiger charge is 2.36. The van der Waals surface area contributed by atoms with Crippen LogP contribution in [0.25, 0.3) is 0 Å². The van der Waals surface area contributed by atoms with Crippen LogP contribution in [0.15, 0.2) is 0 Å². The second kappa shape index (κ2) is 3.05. The van der Waals surface area contributed by atoms with Gasteiger partial charge in [-0.1, -0.05) is 12.8 Å². The fourth-order valence-electron chi connectivity index (χ4n) is 1.18. The monoisotopic (exact) mass is 183 g/mol. The second-order valence-electron chi connectivity index (χ2n) is 2.55. The topological polar surface area (TPSA) is 34.1 Å². The number of rotatable bonds is 2. The Kier molecular flexibility index (Phi) is 2.47. The average molecular weight is 183 g/mol. The Balaban J connectivity index is 2.72. The summed E-state index contributed by atoms with van der Waals surface area (Å²) < 4.78 is 45.2. The van der Waals surface area contributed by atoms with Gasteiger partial charge in [0, 0.05) is 0 Å². The van der Waals surface area contributed by atoms with Crippen LogP contribution in [-0.2, 0) is 9.84 Å². The molecule has 11 heavy (non-hydrogen) atoms. The molecule has 1 aliphatic carbocycles. The number of halogens is 2. The Morgan fingerprint density at radius 1 is 1.18 bits per heavy atom. The molecular formula is C6H9F2O2S. The Labute approximate surface area is 64.5 Å². The molecule has 0 atom stereocenters. The van der Waals surface area contributed by atoms with E-state index in [4.69, 9.17) is 0 Å². The molecule has 0 spiro atoms. The van der Waals surface area contributed by atoms with Crippen LogP contribution in [0, 0.1) is 5.25 Å². The van der Waals surface area contributed by atoms with Crippen molar-refractivity contribution in [3.8, 4) is 0 Å². The molecule has 1 aliphatic rings. The molecule has 0 heterocycles. The van der Waals surface area contributed by atoms with Crippen molar-refractivity contribution >= 4 is 9.84 Å². The first-order valence-electron chi connectivity index (χ1n) is 3.42. The standard InChI is InChI=1S/C6H9F2O2S/c7-6(8)11(9,10)5-3-1-2-4-5/h6H,1-4H2. The first-order valence-corrected chi connectivity index (χ1v) is 4.96. The van der Waals surface area contributed by atoms with Crippen LogP contribution < -0.4 is 0 Å². The van der Waals surface area contributed by atoms with Gasteiger partial charge in [-0.25, -0.2) is 8.42 Å². The third kappa shape index (κ3) is 1.69. The number of alkyl halides is 2. The zero-order valence-corrected chi connectivity index (χ0v) is 6.70. The largest absolute Gasteiger partial charge is 0.337 e. The molecule has 65 valence electrons. The van der Waals surface area contributed by atoms with Gasteiger partial charge >= 0.3 is 5.76 Å². The van der Waals surface area contributed by atoms with Crippen molar-refractivity contribution in [3.63, 3.8) is 0 Å². The summed E-state index contributed by atoms with van der Waals surface area (Å²) in [6.07, 6.45) is 2.10. The molecule has 0 saturated heterocycles. The quantitative estimate of drug-likeness (QED) is 0.653.